The number of benzene rings is 2. The van der Waals surface area contributed by atoms with Gasteiger partial charge < -0.3 is 4.74 Å². The van der Waals surface area contributed by atoms with Crippen molar-refractivity contribution in [2.45, 2.75) is 26.2 Å². The van der Waals surface area contributed by atoms with Gasteiger partial charge in [-0.25, -0.2) is 4.98 Å². The summed E-state index contributed by atoms with van der Waals surface area (Å²) in [4.78, 5) is 17.6. The van der Waals surface area contributed by atoms with Crippen molar-refractivity contribution in [2.24, 2.45) is 5.10 Å². The summed E-state index contributed by atoms with van der Waals surface area (Å²) in [6.07, 6.45) is 4.23. The first kappa shape index (κ1) is 19.8. The van der Waals surface area contributed by atoms with Crippen molar-refractivity contribution < 1.29 is 4.74 Å². The van der Waals surface area contributed by atoms with Crippen molar-refractivity contribution in [3.05, 3.63) is 68.7 Å². The average molecular weight is 439 g/mol. The van der Waals surface area contributed by atoms with Crippen LogP contribution < -0.4 is 10.3 Å². The predicted octanol–water partition coefficient (Wildman–Crippen LogP) is 4.29. The second-order valence-corrected chi connectivity index (χ2v) is 7.09. The number of rotatable bonds is 7. The molecule has 0 radical (unpaired) electrons. The number of nitrogens with zero attached hydrogens (tertiary/aromatic N) is 4. The van der Waals surface area contributed by atoms with Gasteiger partial charge in [0.25, 0.3) is 5.56 Å². The fraction of sp³-hybridized carbons (Fsp3) is 0.238. The maximum absolute atomic E-state index is 13.0. The van der Waals surface area contributed by atoms with Crippen LogP contribution in [0.5, 0.6) is 5.75 Å². The first-order chi connectivity index (χ1) is 13.6. The fourth-order valence-corrected chi connectivity index (χ4v) is 3.06. The molecule has 6 nitrogen and oxygen atoms in total. The number of aryl methyl sites for hydroxylation is 1. The Labute approximate surface area is 171 Å². The molecule has 1 heterocycles. The second kappa shape index (κ2) is 9.29. The number of nitriles is 1. The van der Waals surface area contributed by atoms with Crippen molar-refractivity contribution >= 4 is 33.0 Å². The van der Waals surface area contributed by atoms with Gasteiger partial charge in [0.15, 0.2) is 6.61 Å². The van der Waals surface area contributed by atoms with Crippen LogP contribution in [-0.4, -0.2) is 22.5 Å². The minimum absolute atomic E-state index is 0.00192. The lowest BCUT2D eigenvalue weighted by atomic mass is 10.2. The molecule has 2 aromatic carbocycles. The number of ether oxygens (including phenoxy) is 1. The van der Waals surface area contributed by atoms with E-state index >= 15 is 0 Å². The van der Waals surface area contributed by atoms with Gasteiger partial charge in [-0.15, -0.1) is 0 Å². The molecule has 0 aliphatic heterocycles. The molecule has 7 heteroatoms. The Morgan fingerprint density at radius 2 is 2.07 bits per heavy atom. The zero-order valence-corrected chi connectivity index (χ0v) is 17.0. The summed E-state index contributed by atoms with van der Waals surface area (Å²) in [5, 5.41) is 13.5. The normalized spacial score (nSPS) is 11.0. The molecule has 0 N–H and O–H groups in total. The monoisotopic (exact) mass is 438 g/mol. The molecule has 142 valence electrons. The van der Waals surface area contributed by atoms with Crippen molar-refractivity contribution in [2.75, 3.05) is 6.61 Å². The van der Waals surface area contributed by atoms with Gasteiger partial charge in [0, 0.05) is 10.9 Å². The fourth-order valence-electron chi connectivity index (χ4n) is 2.70. The van der Waals surface area contributed by atoms with E-state index in [4.69, 9.17) is 10.00 Å². The second-order valence-electron chi connectivity index (χ2n) is 6.17. The molecule has 0 saturated carbocycles. The molecular weight excluding hydrogens is 420 g/mol. The highest BCUT2D eigenvalue weighted by Gasteiger charge is 2.10. The summed E-state index contributed by atoms with van der Waals surface area (Å²) >= 11 is 3.41. The highest BCUT2D eigenvalue weighted by Crippen LogP contribution is 2.17. The molecule has 0 atom stereocenters. The van der Waals surface area contributed by atoms with Crippen molar-refractivity contribution in [1.82, 2.24) is 9.66 Å². The summed E-state index contributed by atoms with van der Waals surface area (Å²) in [6.45, 7) is 2.10. The molecule has 1 aromatic heterocycles. The van der Waals surface area contributed by atoms with Crippen LogP contribution in [0, 0.1) is 11.3 Å². The van der Waals surface area contributed by atoms with E-state index < -0.39 is 0 Å². The highest BCUT2D eigenvalue weighted by molar-refractivity contribution is 9.10. The van der Waals surface area contributed by atoms with E-state index in [-0.39, 0.29) is 12.2 Å². The third-order valence-electron chi connectivity index (χ3n) is 4.14. The summed E-state index contributed by atoms with van der Waals surface area (Å²) in [6, 6.07) is 14.6. The minimum atomic E-state index is -0.192. The number of halogens is 1. The van der Waals surface area contributed by atoms with Gasteiger partial charge in [-0.3, -0.25) is 4.79 Å². The summed E-state index contributed by atoms with van der Waals surface area (Å²) in [5.41, 5.74) is 1.29. The predicted molar refractivity (Wildman–Crippen MR) is 113 cm³/mol. The van der Waals surface area contributed by atoms with Gasteiger partial charge in [0.05, 0.1) is 17.1 Å². The Bertz CT molecular complexity index is 1100. The molecule has 3 rings (SSSR count). The van der Waals surface area contributed by atoms with Crippen LogP contribution in [0.1, 0.15) is 31.2 Å². The Hall–Kier alpha value is -2.98. The Morgan fingerprint density at radius 1 is 1.29 bits per heavy atom. The van der Waals surface area contributed by atoms with Crippen molar-refractivity contribution in [3.8, 4) is 11.8 Å². The minimum Gasteiger partial charge on any atom is -0.479 e. The van der Waals surface area contributed by atoms with Gasteiger partial charge in [-0.05, 0) is 54.4 Å². The van der Waals surface area contributed by atoms with E-state index in [1.54, 1.807) is 24.4 Å². The molecule has 3 aromatic rings. The number of hydrogen-bond donors (Lipinski definition) is 0. The maximum atomic E-state index is 13.0. The van der Waals surface area contributed by atoms with Crippen LogP contribution in [0.15, 0.2) is 56.8 Å². The van der Waals surface area contributed by atoms with Crippen LogP contribution in [0.2, 0.25) is 0 Å². The molecule has 0 amide bonds. The molecule has 28 heavy (non-hydrogen) atoms. The molecule has 0 aliphatic carbocycles. The topological polar surface area (TPSA) is 80.3 Å². The number of hydrogen-bond acceptors (Lipinski definition) is 5. The standard InChI is InChI=1S/C21H19BrN4O2/c1-2-3-4-20-25-19-10-7-16(22)13-18(19)21(27)26(20)24-14-15-5-8-17(9-6-15)28-12-11-23/h5-10,13-14H,2-4,12H2,1H3. The van der Waals surface area contributed by atoms with E-state index in [2.05, 4.69) is 32.9 Å². The Kier molecular flexibility index (Phi) is 6.56. The molecule has 0 bridgehead atoms. The quantitative estimate of drug-likeness (QED) is 0.515. The third kappa shape index (κ3) is 4.65. The van der Waals surface area contributed by atoms with Gasteiger partial charge in [0.1, 0.15) is 17.6 Å². The van der Waals surface area contributed by atoms with E-state index in [0.717, 1.165) is 22.9 Å². The molecule has 0 spiro atoms. The molecule has 0 aliphatic rings. The zero-order valence-electron chi connectivity index (χ0n) is 15.4. The van der Waals surface area contributed by atoms with Crippen molar-refractivity contribution in [3.63, 3.8) is 0 Å². The SMILES string of the molecule is CCCCc1nc2ccc(Br)cc2c(=O)n1N=Cc1ccc(OCC#N)cc1. The Morgan fingerprint density at radius 3 is 2.79 bits per heavy atom. The number of aromatic nitrogens is 2. The lowest BCUT2D eigenvalue weighted by Crippen LogP contribution is -2.22. The van der Waals surface area contributed by atoms with Gasteiger partial charge in [-0.1, -0.05) is 29.3 Å². The van der Waals surface area contributed by atoms with E-state index in [0.29, 0.717) is 28.9 Å². The smallest absolute Gasteiger partial charge is 0.282 e. The summed E-state index contributed by atoms with van der Waals surface area (Å²) in [7, 11) is 0. The maximum Gasteiger partial charge on any atom is 0.282 e. The van der Waals surface area contributed by atoms with Crippen molar-refractivity contribution in [1.29, 1.82) is 5.26 Å². The Balaban J connectivity index is 1.98. The average Bonchev–Trinajstić information content (AvgIpc) is 2.71. The largest absolute Gasteiger partial charge is 0.479 e. The van der Waals surface area contributed by atoms with Crippen LogP contribution in [-0.2, 0) is 6.42 Å². The van der Waals surface area contributed by atoms with Crippen LogP contribution in [0.3, 0.4) is 0 Å². The van der Waals surface area contributed by atoms with Gasteiger partial charge in [-0.2, -0.15) is 15.0 Å². The van der Waals surface area contributed by atoms with Gasteiger partial charge in [0.2, 0.25) is 0 Å². The third-order valence-corrected chi connectivity index (χ3v) is 4.63. The summed E-state index contributed by atoms with van der Waals surface area (Å²) < 4.78 is 7.44. The lowest BCUT2D eigenvalue weighted by Gasteiger charge is -2.09. The highest BCUT2D eigenvalue weighted by atomic mass is 79.9. The first-order valence-corrected chi connectivity index (χ1v) is 9.77. The zero-order chi connectivity index (χ0) is 19.9. The van der Waals surface area contributed by atoms with Crippen LogP contribution in [0.4, 0.5) is 0 Å². The van der Waals surface area contributed by atoms with Gasteiger partial charge >= 0.3 is 0 Å². The molecule has 0 fully saturated rings. The van der Waals surface area contributed by atoms with E-state index in [9.17, 15) is 4.79 Å². The van der Waals surface area contributed by atoms with Crippen LogP contribution >= 0.6 is 15.9 Å². The number of unbranched alkanes of at least 4 members (excludes halogenated alkanes) is 1. The molecule has 0 saturated heterocycles. The van der Waals surface area contributed by atoms with E-state index in [1.807, 2.05) is 30.3 Å². The lowest BCUT2D eigenvalue weighted by molar-refractivity contribution is 0.368. The number of fused-ring (bicyclic) bond motifs is 1. The first-order valence-electron chi connectivity index (χ1n) is 8.97. The molecule has 0 unspecified atom stereocenters. The van der Waals surface area contributed by atoms with E-state index in [1.165, 1.54) is 4.68 Å². The van der Waals surface area contributed by atoms with Crippen LogP contribution in [0.25, 0.3) is 10.9 Å². The summed E-state index contributed by atoms with van der Waals surface area (Å²) in [5.74, 6) is 1.25. The molecular formula is C21H19BrN4O2.